The number of benzene rings is 2. The Hall–Kier alpha value is -2.34. The van der Waals surface area contributed by atoms with Crippen molar-refractivity contribution >= 4 is 39.1 Å². The smallest absolute Gasteiger partial charge is 0.255 e. The highest BCUT2D eigenvalue weighted by Gasteiger charge is 2.21. The summed E-state index contributed by atoms with van der Waals surface area (Å²) >= 11 is 3.38. The third-order valence-electron chi connectivity index (χ3n) is 5.02. The van der Waals surface area contributed by atoms with E-state index in [9.17, 15) is 9.59 Å². The van der Waals surface area contributed by atoms with E-state index in [4.69, 9.17) is 0 Å². The van der Waals surface area contributed by atoms with E-state index >= 15 is 0 Å². The number of halogens is 1. The van der Waals surface area contributed by atoms with Gasteiger partial charge in [-0.25, -0.2) is 0 Å². The zero-order valence-corrected chi connectivity index (χ0v) is 17.9. The lowest BCUT2D eigenvalue weighted by Gasteiger charge is -2.23. The van der Waals surface area contributed by atoms with Gasteiger partial charge in [0.2, 0.25) is 0 Å². The molecule has 0 spiro atoms. The fourth-order valence-corrected chi connectivity index (χ4v) is 3.67. The van der Waals surface area contributed by atoms with E-state index in [1.807, 2.05) is 38.1 Å². The number of nitrogens with zero attached hydrogens (tertiary/aromatic N) is 1. The van der Waals surface area contributed by atoms with Gasteiger partial charge in [0, 0.05) is 40.5 Å². The van der Waals surface area contributed by atoms with E-state index in [0.717, 1.165) is 42.5 Å². The summed E-state index contributed by atoms with van der Waals surface area (Å²) in [5, 5.41) is 5.95. The molecule has 1 unspecified atom stereocenters. The summed E-state index contributed by atoms with van der Waals surface area (Å²) in [6, 6.07) is 12.9. The van der Waals surface area contributed by atoms with Crippen molar-refractivity contribution in [2.75, 3.05) is 23.3 Å². The van der Waals surface area contributed by atoms with E-state index in [-0.39, 0.29) is 17.9 Å². The Bertz CT molecular complexity index is 863. The van der Waals surface area contributed by atoms with Crippen LogP contribution >= 0.6 is 15.9 Å². The van der Waals surface area contributed by atoms with E-state index in [2.05, 4.69) is 31.5 Å². The molecule has 1 saturated heterocycles. The van der Waals surface area contributed by atoms with E-state index in [1.54, 1.807) is 18.2 Å². The second kappa shape index (κ2) is 9.24. The zero-order valence-electron chi connectivity index (χ0n) is 16.3. The number of carbonyl (C=O) groups excluding carboxylic acids is 2. The van der Waals surface area contributed by atoms with Gasteiger partial charge in [-0.2, -0.15) is 0 Å². The Morgan fingerprint density at radius 3 is 2.54 bits per heavy atom. The van der Waals surface area contributed by atoms with Crippen LogP contribution in [0.1, 0.15) is 53.8 Å². The predicted molar refractivity (Wildman–Crippen MR) is 117 cm³/mol. The average molecular weight is 444 g/mol. The average Bonchev–Trinajstić information content (AvgIpc) is 3.22. The maximum Gasteiger partial charge on any atom is 0.255 e. The largest absolute Gasteiger partial charge is 0.371 e. The lowest BCUT2D eigenvalue weighted by atomic mass is 10.1. The van der Waals surface area contributed by atoms with Gasteiger partial charge in [-0.3, -0.25) is 9.59 Å². The fraction of sp³-hybridized carbons (Fsp3) is 0.364. The lowest BCUT2D eigenvalue weighted by Crippen LogP contribution is -2.33. The zero-order chi connectivity index (χ0) is 20.1. The van der Waals surface area contributed by atoms with Crippen LogP contribution in [0.3, 0.4) is 0 Å². The predicted octanol–water partition coefficient (Wildman–Crippen LogP) is 4.83. The fourth-order valence-electron chi connectivity index (χ4n) is 3.27. The highest BCUT2D eigenvalue weighted by atomic mass is 79.9. The number of amides is 2. The number of hydrogen-bond donors (Lipinski definition) is 2. The topological polar surface area (TPSA) is 61.4 Å². The first kappa shape index (κ1) is 20.4. The van der Waals surface area contributed by atoms with Gasteiger partial charge in [0.25, 0.3) is 11.8 Å². The van der Waals surface area contributed by atoms with Gasteiger partial charge in [-0.15, -0.1) is 0 Å². The molecule has 1 heterocycles. The normalized spacial score (nSPS) is 14.6. The molecule has 2 amide bonds. The van der Waals surface area contributed by atoms with Crippen LogP contribution < -0.4 is 15.5 Å². The monoisotopic (exact) mass is 443 g/mol. The van der Waals surface area contributed by atoms with Crippen molar-refractivity contribution in [1.82, 2.24) is 5.32 Å². The molecule has 1 aliphatic rings. The first-order chi connectivity index (χ1) is 13.5. The molecule has 148 valence electrons. The molecule has 2 aromatic carbocycles. The number of hydrogen-bond acceptors (Lipinski definition) is 3. The van der Waals surface area contributed by atoms with Gasteiger partial charge in [0.1, 0.15) is 0 Å². The molecule has 0 aromatic heterocycles. The summed E-state index contributed by atoms with van der Waals surface area (Å²) in [4.78, 5) is 27.7. The Balaban J connectivity index is 1.87. The van der Waals surface area contributed by atoms with Crippen molar-refractivity contribution in [3.63, 3.8) is 0 Å². The Kier molecular flexibility index (Phi) is 6.73. The number of anilines is 2. The maximum absolute atomic E-state index is 12.9. The summed E-state index contributed by atoms with van der Waals surface area (Å²) in [5.41, 5.74) is 2.71. The van der Waals surface area contributed by atoms with Gasteiger partial charge >= 0.3 is 0 Å². The Labute approximate surface area is 174 Å². The highest BCUT2D eigenvalue weighted by Crippen LogP contribution is 2.28. The van der Waals surface area contributed by atoms with Crippen LogP contribution in [0.4, 0.5) is 11.4 Å². The van der Waals surface area contributed by atoms with Crippen molar-refractivity contribution < 1.29 is 9.59 Å². The molecule has 1 atom stereocenters. The van der Waals surface area contributed by atoms with Crippen LogP contribution in [0.2, 0.25) is 0 Å². The Morgan fingerprint density at radius 1 is 1.11 bits per heavy atom. The lowest BCUT2D eigenvalue weighted by molar-refractivity contribution is 0.0938. The first-order valence-corrected chi connectivity index (χ1v) is 10.5. The van der Waals surface area contributed by atoms with Gasteiger partial charge in [-0.05, 0) is 62.6 Å². The van der Waals surface area contributed by atoms with Crippen molar-refractivity contribution in [2.24, 2.45) is 0 Å². The molecule has 5 nitrogen and oxygen atoms in total. The molecule has 28 heavy (non-hydrogen) atoms. The van der Waals surface area contributed by atoms with Gasteiger partial charge in [0.05, 0.1) is 5.56 Å². The molecule has 1 aliphatic heterocycles. The van der Waals surface area contributed by atoms with Crippen LogP contribution in [0.15, 0.2) is 46.9 Å². The summed E-state index contributed by atoms with van der Waals surface area (Å²) in [7, 11) is 0. The van der Waals surface area contributed by atoms with Crippen LogP contribution in [0.5, 0.6) is 0 Å². The molecule has 2 aromatic rings. The molecule has 0 radical (unpaired) electrons. The molecule has 2 N–H and O–H groups in total. The van der Waals surface area contributed by atoms with Crippen molar-refractivity contribution in [3.8, 4) is 0 Å². The minimum absolute atomic E-state index is 0.0962. The summed E-state index contributed by atoms with van der Waals surface area (Å²) in [6.07, 6.45) is 3.13. The van der Waals surface area contributed by atoms with E-state index < -0.39 is 0 Å². The molecule has 6 heteroatoms. The number of carbonyl (C=O) groups is 2. The number of rotatable bonds is 6. The molecule has 1 fully saturated rings. The molecule has 0 saturated carbocycles. The third-order valence-corrected chi connectivity index (χ3v) is 5.52. The second-order valence-corrected chi connectivity index (χ2v) is 8.09. The van der Waals surface area contributed by atoms with Crippen molar-refractivity contribution in [2.45, 2.75) is 39.2 Å². The summed E-state index contributed by atoms with van der Waals surface area (Å²) in [6.45, 7) is 5.94. The first-order valence-electron chi connectivity index (χ1n) is 9.74. The summed E-state index contributed by atoms with van der Waals surface area (Å²) < 4.78 is 0.846. The quantitative estimate of drug-likeness (QED) is 0.671. The van der Waals surface area contributed by atoms with Crippen molar-refractivity contribution in [1.29, 1.82) is 0 Å². The van der Waals surface area contributed by atoms with E-state index in [1.165, 1.54) is 0 Å². The second-order valence-electron chi connectivity index (χ2n) is 7.17. The molecule has 0 bridgehead atoms. The molecular weight excluding hydrogens is 418 g/mol. The number of nitrogens with one attached hydrogen (secondary N) is 2. The van der Waals surface area contributed by atoms with Crippen molar-refractivity contribution in [3.05, 3.63) is 58.1 Å². The van der Waals surface area contributed by atoms with Crippen LogP contribution in [0, 0.1) is 0 Å². The van der Waals surface area contributed by atoms with Crippen LogP contribution in [0.25, 0.3) is 0 Å². The minimum atomic E-state index is -0.205. The minimum Gasteiger partial charge on any atom is -0.371 e. The third kappa shape index (κ3) is 4.93. The molecule has 0 aliphatic carbocycles. The summed E-state index contributed by atoms with van der Waals surface area (Å²) in [5.74, 6) is -0.307. The van der Waals surface area contributed by atoms with Gasteiger partial charge in [0.15, 0.2) is 0 Å². The standard InChI is InChI=1S/C22H26BrN3O2/c1-3-15(2)24-22(28)19-14-18(9-10-20(19)26-11-4-5-12-26)25-21(27)16-7-6-8-17(23)13-16/h6-10,13-15H,3-5,11-12H2,1-2H3,(H,24,28)(H,25,27). The van der Waals surface area contributed by atoms with Gasteiger partial charge in [-0.1, -0.05) is 28.9 Å². The highest BCUT2D eigenvalue weighted by molar-refractivity contribution is 9.10. The van der Waals surface area contributed by atoms with Crippen LogP contribution in [-0.4, -0.2) is 30.9 Å². The van der Waals surface area contributed by atoms with E-state index in [0.29, 0.717) is 16.8 Å². The van der Waals surface area contributed by atoms with Gasteiger partial charge < -0.3 is 15.5 Å². The van der Waals surface area contributed by atoms with Crippen LogP contribution in [-0.2, 0) is 0 Å². The SMILES string of the molecule is CCC(C)NC(=O)c1cc(NC(=O)c2cccc(Br)c2)ccc1N1CCCC1. The maximum atomic E-state index is 12.9. The molecular formula is C22H26BrN3O2. The Morgan fingerprint density at radius 2 is 1.86 bits per heavy atom. The molecule has 3 rings (SSSR count).